The number of benzene rings is 1. The van der Waals surface area contributed by atoms with Gasteiger partial charge in [-0.1, -0.05) is 44.2 Å². The van der Waals surface area contributed by atoms with Gasteiger partial charge >= 0.3 is 0 Å². The van der Waals surface area contributed by atoms with Crippen molar-refractivity contribution in [2.45, 2.75) is 32.7 Å². The Morgan fingerprint density at radius 1 is 1.24 bits per heavy atom. The number of hydrogen-bond acceptors (Lipinski definition) is 3. The van der Waals surface area contributed by atoms with Crippen molar-refractivity contribution >= 4 is 5.91 Å². The van der Waals surface area contributed by atoms with Crippen molar-refractivity contribution in [2.75, 3.05) is 6.61 Å². The summed E-state index contributed by atoms with van der Waals surface area (Å²) in [7, 11) is 0. The lowest BCUT2D eigenvalue weighted by molar-refractivity contribution is 0.0886. The fourth-order valence-corrected chi connectivity index (χ4v) is 2.33. The highest BCUT2D eigenvalue weighted by Crippen LogP contribution is 2.18. The Labute approximate surface area is 124 Å². The highest BCUT2D eigenvalue weighted by atomic mass is 16.4. The zero-order valence-electron chi connectivity index (χ0n) is 12.4. The number of carbonyl (C=O) groups is 1. The minimum absolute atomic E-state index is 0.155. The molecule has 1 unspecified atom stereocenters. The quantitative estimate of drug-likeness (QED) is 0.858. The molecule has 2 rings (SSSR count). The summed E-state index contributed by atoms with van der Waals surface area (Å²) in [4.78, 5) is 12.3. The molecule has 0 bridgehead atoms. The Morgan fingerprint density at radius 3 is 2.48 bits per heavy atom. The molecule has 0 saturated heterocycles. The molecule has 4 nitrogen and oxygen atoms in total. The summed E-state index contributed by atoms with van der Waals surface area (Å²) < 4.78 is 5.60. The van der Waals surface area contributed by atoms with E-state index in [-0.39, 0.29) is 12.5 Å². The number of aliphatic hydroxyl groups is 1. The van der Waals surface area contributed by atoms with Crippen molar-refractivity contribution in [2.24, 2.45) is 0 Å². The third-order valence-electron chi connectivity index (χ3n) is 3.51. The van der Waals surface area contributed by atoms with Crippen molar-refractivity contribution in [3.63, 3.8) is 0 Å². The fourth-order valence-electron chi connectivity index (χ4n) is 2.33. The van der Waals surface area contributed by atoms with Crippen LogP contribution in [-0.2, 0) is 12.8 Å². The van der Waals surface area contributed by atoms with Crippen LogP contribution >= 0.6 is 0 Å². The summed E-state index contributed by atoms with van der Waals surface area (Å²) in [5.41, 5.74) is 1.93. The molecule has 1 amide bonds. The average Bonchev–Trinajstić information content (AvgIpc) is 2.96. The Balaban J connectivity index is 2.14. The minimum Gasteiger partial charge on any atom is -0.456 e. The Kier molecular flexibility index (Phi) is 5.17. The second-order valence-corrected chi connectivity index (χ2v) is 4.89. The van der Waals surface area contributed by atoms with Crippen molar-refractivity contribution in [1.82, 2.24) is 5.32 Å². The van der Waals surface area contributed by atoms with E-state index in [1.165, 1.54) is 0 Å². The van der Waals surface area contributed by atoms with E-state index in [1.54, 1.807) is 6.07 Å². The van der Waals surface area contributed by atoms with Gasteiger partial charge in [0, 0.05) is 6.42 Å². The molecular formula is C17H21NO3. The van der Waals surface area contributed by atoms with Gasteiger partial charge in [0.05, 0.1) is 12.6 Å². The van der Waals surface area contributed by atoms with Gasteiger partial charge in [-0.15, -0.1) is 0 Å². The minimum atomic E-state index is -0.432. The number of carbonyl (C=O) groups excluding carboxylic acids is 1. The number of nitrogens with one attached hydrogen (secondary N) is 1. The summed E-state index contributed by atoms with van der Waals surface area (Å²) in [6.45, 7) is 3.88. The molecule has 0 saturated carbocycles. The van der Waals surface area contributed by atoms with E-state index in [9.17, 15) is 9.90 Å². The Hall–Kier alpha value is -2.07. The van der Waals surface area contributed by atoms with E-state index in [2.05, 4.69) is 5.32 Å². The van der Waals surface area contributed by atoms with Gasteiger partial charge in [0.2, 0.25) is 0 Å². The van der Waals surface area contributed by atoms with Crippen LogP contribution in [0.2, 0.25) is 0 Å². The van der Waals surface area contributed by atoms with Crippen LogP contribution < -0.4 is 5.32 Å². The van der Waals surface area contributed by atoms with Crippen LogP contribution in [0.5, 0.6) is 0 Å². The summed E-state index contributed by atoms with van der Waals surface area (Å²) in [5, 5.41) is 12.3. The summed E-state index contributed by atoms with van der Waals surface area (Å²) in [6.07, 6.45) is 1.60. The van der Waals surface area contributed by atoms with Crippen LogP contribution in [0.4, 0.5) is 0 Å². The molecule has 0 spiro atoms. The smallest absolute Gasteiger partial charge is 0.287 e. The third kappa shape index (κ3) is 3.52. The normalized spacial score (nSPS) is 12.1. The van der Waals surface area contributed by atoms with E-state index in [0.717, 1.165) is 29.7 Å². The molecule has 0 fully saturated rings. The highest BCUT2D eigenvalue weighted by Gasteiger charge is 2.19. The van der Waals surface area contributed by atoms with Crippen LogP contribution in [0, 0.1) is 0 Å². The van der Waals surface area contributed by atoms with Crippen LogP contribution in [0.15, 0.2) is 40.8 Å². The maximum absolute atomic E-state index is 12.3. The van der Waals surface area contributed by atoms with Gasteiger partial charge < -0.3 is 14.8 Å². The average molecular weight is 287 g/mol. The SMILES string of the molecule is CCc1cc(C(=O)NC(CO)c2ccccc2)oc1CC. The van der Waals surface area contributed by atoms with E-state index < -0.39 is 6.04 Å². The molecule has 2 aromatic rings. The van der Waals surface area contributed by atoms with E-state index in [0.29, 0.717) is 5.76 Å². The third-order valence-corrected chi connectivity index (χ3v) is 3.51. The van der Waals surface area contributed by atoms with Crippen LogP contribution in [-0.4, -0.2) is 17.6 Å². The summed E-state index contributed by atoms with van der Waals surface area (Å²) >= 11 is 0. The molecule has 4 heteroatoms. The van der Waals surface area contributed by atoms with Gasteiger partial charge in [-0.05, 0) is 23.6 Å². The highest BCUT2D eigenvalue weighted by molar-refractivity contribution is 5.92. The van der Waals surface area contributed by atoms with Gasteiger partial charge in [0.1, 0.15) is 5.76 Å². The Bertz CT molecular complexity index is 568. The molecule has 2 N–H and O–H groups in total. The molecule has 1 aromatic carbocycles. The zero-order valence-corrected chi connectivity index (χ0v) is 12.4. The lowest BCUT2D eigenvalue weighted by Crippen LogP contribution is -2.30. The topological polar surface area (TPSA) is 62.5 Å². The van der Waals surface area contributed by atoms with E-state index >= 15 is 0 Å². The van der Waals surface area contributed by atoms with Crippen LogP contribution in [0.25, 0.3) is 0 Å². The van der Waals surface area contributed by atoms with Crippen molar-refractivity contribution in [3.05, 3.63) is 59.0 Å². The predicted molar refractivity (Wildman–Crippen MR) is 81.2 cm³/mol. The van der Waals surface area contributed by atoms with E-state index in [1.807, 2.05) is 44.2 Å². The first-order chi connectivity index (χ1) is 10.2. The first-order valence-corrected chi connectivity index (χ1v) is 7.27. The van der Waals surface area contributed by atoms with Gasteiger partial charge in [0.25, 0.3) is 5.91 Å². The largest absolute Gasteiger partial charge is 0.456 e. The van der Waals surface area contributed by atoms with Crippen molar-refractivity contribution in [1.29, 1.82) is 0 Å². The molecule has 1 heterocycles. The molecular weight excluding hydrogens is 266 g/mol. The maximum Gasteiger partial charge on any atom is 0.287 e. The predicted octanol–water partition coefficient (Wildman–Crippen LogP) is 2.87. The Morgan fingerprint density at radius 2 is 1.95 bits per heavy atom. The molecule has 1 aromatic heterocycles. The monoisotopic (exact) mass is 287 g/mol. The fraction of sp³-hybridized carbons (Fsp3) is 0.353. The van der Waals surface area contributed by atoms with E-state index in [4.69, 9.17) is 4.42 Å². The lowest BCUT2D eigenvalue weighted by Gasteiger charge is -2.15. The maximum atomic E-state index is 12.3. The van der Waals surface area contributed by atoms with Gasteiger partial charge in [0.15, 0.2) is 5.76 Å². The second kappa shape index (κ2) is 7.09. The van der Waals surface area contributed by atoms with Crippen molar-refractivity contribution < 1.29 is 14.3 Å². The molecule has 1 atom stereocenters. The first kappa shape index (κ1) is 15.3. The van der Waals surface area contributed by atoms with Crippen LogP contribution in [0.3, 0.4) is 0 Å². The number of amides is 1. The van der Waals surface area contributed by atoms with Crippen molar-refractivity contribution in [3.8, 4) is 0 Å². The molecule has 0 aliphatic rings. The molecule has 21 heavy (non-hydrogen) atoms. The van der Waals surface area contributed by atoms with Crippen LogP contribution in [0.1, 0.15) is 47.3 Å². The summed E-state index contributed by atoms with van der Waals surface area (Å²) in [6, 6.07) is 10.7. The second-order valence-electron chi connectivity index (χ2n) is 4.89. The zero-order chi connectivity index (χ0) is 15.2. The summed E-state index contributed by atoms with van der Waals surface area (Å²) in [5.74, 6) is 0.855. The van der Waals surface area contributed by atoms with Gasteiger partial charge in [-0.25, -0.2) is 0 Å². The molecule has 112 valence electrons. The lowest BCUT2D eigenvalue weighted by atomic mass is 10.1. The number of aliphatic hydroxyl groups excluding tert-OH is 1. The number of aryl methyl sites for hydroxylation is 2. The number of hydrogen-bond donors (Lipinski definition) is 2. The molecule has 0 aliphatic carbocycles. The number of rotatable bonds is 6. The molecule has 0 aliphatic heterocycles. The van der Waals surface area contributed by atoms with Gasteiger partial charge in [-0.3, -0.25) is 4.79 Å². The number of furan rings is 1. The molecule has 0 radical (unpaired) electrons. The van der Waals surface area contributed by atoms with Gasteiger partial charge in [-0.2, -0.15) is 0 Å². The standard InChI is InChI=1S/C17H21NO3/c1-3-12-10-16(21-15(12)4-2)17(20)18-14(11-19)13-8-6-5-7-9-13/h5-10,14,19H,3-4,11H2,1-2H3,(H,18,20). The first-order valence-electron chi connectivity index (χ1n) is 7.27.